The Morgan fingerprint density at radius 3 is 2.71 bits per heavy atom. The van der Waals surface area contributed by atoms with Gasteiger partial charge in [0.1, 0.15) is 5.82 Å². The van der Waals surface area contributed by atoms with Crippen molar-refractivity contribution in [3.05, 3.63) is 23.4 Å². The van der Waals surface area contributed by atoms with Gasteiger partial charge in [-0.15, -0.1) is 0 Å². The molecule has 1 aromatic heterocycles. The minimum Gasteiger partial charge on any atom is -0.382 e. The van der Waals surface area contributed by atoms with Gasteiger partial charge in [0.2, 0.25) is 0 Å². The highest BCUT2D eigenvalue weighted by Gasteiger charge is 2.12. The molecule has 0 aliphatic carbocycles. The first-order valence-corrected chi connectivity index (χ1v) is 7.13. The van der Waals surface area contributed by atoms with Crippen LogP contribution < -0.4 is 10.6 Å². The van der Waals surface area contributed by atoms with E-state index in [1.165, 1.54) is 0 Å². The molecule has 0 spiro atoms. The van der Waals surface area contributed by atoms with Crippen molar-refractivity contribution in [1.82, 2.24) is 10.3 Å². The summed E-state index contributed by atoms with van der Waals surface area (Å²) in [5, 5.41) is 5.84. The van der Waals surface area contributed by atoms with Crippen molar-refractivity contribution in [1.29, 1.82) is 0 Å². The first-order chi connectivity index (χ1) is 10.1. The summed E-state index contributed by atoms with van der Waals surface area (Å²) in [6.07, 6.45) is 1.68. The highest BCUT2D eigenvalue weighted by Crippen LogP contribution is 2.12. The van der Waals surface area contributed by atoms with Crippen LogP contribution in [0.5, 0.6) is 0 Å². The minimum absolute atomic E-state index is 0.135. The maximum absolute atomic E-state index is 12.2. The molecule has 0 saturated carbocycles. The van der Waals surface area contributed by atoms with Gasteiger partial charge in [-0.05, 0) is 18.6 Å². The molecule has 0 fully saturated rings. The van der Waals surface area contributed by atoms with Crippen molar-refractivity contribution in [3.63, 3.8) is 0 Å². The summed E-state index contributed by atoms with van der Waals surface area (Å²) in [4.78, 5) is 16.7. The van der Waals surface area contributed by atoms with Crippen LogP contribution in [0.2, 0.25) is 0 Å². The number of hydrogen-bond donors (Lipinski definition) is 2. The molecule has 118 valence electrons. The Balaban J connectivity index is 2.74. The zero-order valence-electron chi connectivity index (χ0n) is 13.2. The summed E-state index contributed by atoms with van der Waals surface area (Å²) in [7, 11) is 4.99. The van der Waals surface area contributed by atoms with Gasteiger partial charge in [0.15, 0.2) is 0 Å². The SMILES string of the molecule is CCCc1cc(C(=O)NCC(COC)OC)cc(NC)n1. The number of aryl methyl sites for hydroxylation is 1. The topological polar surface area (TPSA) is 72.5 Å². The van der Waals surface area contributed by atoms with Gasteiger partial charge in [-0.1, -0.05) is 13.3 Å². The second-order valence-corrected chi connectivity index (χ2v) is 4.76. The van der Waals surface area contributed by atoms with Crippen LogP contribution in [0.25, 0.3) is 0 Å². The van der Waals surface area contributed by atoms with Crippen molar-refractivity contribution in [2.75, 3.05) is 39.7 Å². The lowest BCUT2D eigenvalue weighted by Crippen LogP contribution is -2.35. The normalized spacial score (nSPS) is 12.0. The van der Waals surface area contributed by atoms with Gasteiger partial charge in [-0.2, -0.15) is 0 Å². The average Bonchev–Trinajstić information content (AvgIpc) is 2.51. The van der Waals surface area contributed by atoms with E-state index in [0.29, 0.717) is 24.5 Å². The summed E-state index contributed by atoms with van der Waals surface area (Å²) < 4.78 is 10.2. The number of carbonyl (C=O) groups excluding carboxylic acids is 1. The van der Waals surface area contributed by atoms with Gasteiger partial charge in [0, 0.05) is 39.1 Å². The Kier molecular flexibility index (Phi) is 7.71. The fourth-order valence-corrected chi connectivity index (χ4v) is 1.94. The number of nitrogens with one attached hydrogen (secondary N) is 2. The van der Waals surface area contributed by atoms with Gasteiger partial charge in [-0.25, -0.2) is 4.98 Å². The quantitative estimate of drug-likeness (QED) is 0.722. The van der Waals surface area contributed by atoms with Gasteiger partial charge in [0.05, 0.1) is 12.7 Å². The van der Waals surface area contributed by atoms with Crippen LogP contribution in [0.15, 0.2) is 12.1 Å². The van der Waals surface area contributed by atoms with Gasteiger partial charge in [-0.3, -0.25) is 4.79 Å². The summed E-state index contributed by atoms with van der Waals surface area (Å²) in [5.74, 6) is 0.565. The Labute approximate surface area is 126 Å². The van der Waals surface area contributed by atoms with Crippen molar-refractivity contribution >= 4 is 11.7 Å². The summed E-state index contributed by atoms with van der Waals surface area (Å²) in [6.45, 7) is 2.93. The van der Waals surface area contributed by atoms with Crippen LogP contribution in [0.1, 0.15) is 29.4 Å². The molecule has 0 aromatic carbocycles. The van der Waals surface area contributed by atoms with Crippen molar-refractivity contribution in [3.8, 4) is 0 Å². The largest absolute Gasteiger partial charge is 0.382 e. The van der Waals surface area contributed by atoms with Crippen molar-refractivity contribution in [2.24, 2.45) is 0 Å². The number of hydrogen-bond acceptors (Lipinski definition) is 5. The van der Waals surface area contributed by atoms with E-state index < -0.39 is 0 Å². The molecule has 6 heteroatoms. The average molecular weight is 295 g/mol. The number of rotatable bonds is 9. The predicted molar refractivity (Wildman–Crippen MR) is 82.8 cm³/mol. The lowest BCUT2D eigenvalue weighted by atomic mass is 10.1. The molecule has 1 amide bonds. The van der Waals surface area contributed by atoms with E-state index in [9.17, 15) is 4.79 Å². The third-order valence-corrected chi connectivity index (χ3v) is 3.08. The number of carbonyl (C=O) groups is 1. The Bertz CT molecular complexity index is 452. The standard InChI is InChI=1S/C15H25N3O3/c1-5-6-12-7-11(8-14(16-2)18-12)15(19)17-9-13(21-4)10-20-3/h7-8,13H,5-6,9-10H2,1-4H3,(H,16,18)(H,17,19). The molecule has 2 N–H and O–H groups in total. The predicted octanol–water partition coefficient (Wildman–Crippen LogP) is 1.47. The lowest BCUT2D eigenvalue weighted by Gasteiger charge is -2.15. The molecule has 0 radical (unpaired) electrons. The second-order valence-electron chi connectivity index (χ2n) is 4.76. The van der Waals surface area contributed by atoms with E-state index in [2.05, 4.69) is 22.5 Å². The van der Waals surface area contributed by atoms with Gasteiger partial charge >= 0.3 is 0 Å². The third-order valence-electron chi connectivity index (χ3n) is 3.08. The van der Waals surface area contributed by atoms with E-state index in [0.717, 1.165) is 18.5 Å². The molecule has 1 aromatic rings. The molecule has 1 atom stereocenters. The van der Waals surface area contributed by atoms with Crippen LogP contribution >= 0.6 is 0 Å². The minimum atomic E-state index is -0.153. The number of ether oxygens (including phenoxy) is 2. The van der Waals surface area contributed by atoms with Crippen LogP contribution in [0.3, 0.4) is 0 Å². The maximum atomic E-state index is 12.2. The van der Waals surface area contributed by atoms with Crippen LogP contribution in [-0.2, 0) is 15.9 Å². The number of anilines is 1. The molecule has 6 nitrogen and oxygen atoms in total. The number of nitrogens with zero attached hydrogens (tertiary/aromatic N) is 1. The molecular weight excluding hydrogens is 270 g/mol. The molecule has 1 heterocycles. The van der Waals surface area contributed by atoms with E-state index >= 15 is 0 Å². The summed E-state index contributed by atoms with van der Waals surface area (Å²) >= 11 is 0. The smallest absolute Gasteiger partial charge is 0.251 e. The summed E-state index contributed by atoms with van der Waals surface area (Å²) in [6, 6.07) is 3.57. The number of amides is 1. The molecule has 0 saturated heterocycles. The Morgan fingerprint density at radius 2 is 2.14 bits per heavy atom. The van der Waals surface area contributed by atoms with E-state index in [1.54, 1.807) is 27.3 Å². The number of pyridine rings is 1. The fraction of sp³-hybridized carbons (Fsp3) is 0.600. The number of aromatic nitrogens is 1. The zero-order chi connectivity index (χ0) is 15.7. The van der Waals surface area contributed by atoms with Crippen LogP contribution in [0, 0.1) is 0 Å². The van der Waals surface area contributed by atoms with Gasteiger partial charge < -0.3 is 20.1 Å². The first kappa shape index (κ1) is 17.4. The molecule has 0 bridgehead atoms. The van der Waals surface area contributed by atoms with Crippen molar-refractivity contribution in [2.45, 2.75) is 25.9 Å². The number of methoxy groups -OCH3 is 2. The highest BCUT2D eigenvalue weighted by atomic mass is 16.5. The molecule has 1 rings (SSSR count). The monoisotopic (exact) mass is 295 g/mol. The molecule has 1 unspecified atom stereocenters. The Morgan fingerprint density at radius 1 is 1.38 bits per heavy atom. The Hall–Kier alpha value is -1.66. The van der Waals surface area contributed by atoms with E-state index in [-0.39, 0.29) is 12.0 Å². The van der Waals surface area contributed by atoms with Gasteiger partial charge in [0.25, 0.3) is 5.91 Å². The maximum Gasteiger partial charge on any atom is 0.251 e. The van der Waals surface area contributed by atoms with E-state index in [4.69, 9.17) is 9.47 Å². The summed E-state index contributed by atoms with van der Waals surface area (Å²) in [5.41, 5.74) is 1.51. The van der Waals surface area contributed by atoms with E-state index in [1.807, 2.05) is 6.07 Å². The van der Waals surface area contributed by atoms with Crippen molar-refractivity contribution < 1.29 is 14.3 Å². The lowest BCUT2D eigenvalue weighted by molar-refractivity contribution is 0.0285. The fourth-order valence-electron chi connectivity index (χ4n) is 1.94. The first-order valence-electron chi connectivity index (χ1n) is 7.13. The molecular formula is C15H25N3O3. The zero-order valence-corrected chi connectivity index (χ0v) is 13.2. The third kappa shape index (κ3) is 5.69. The van der Waals surface area contributed by atoms with Crippen LogP contribution in [-0.4, -0.2) is 51.4 Å². The molecule has 21 heavy (non-hydrogen) atoms. The molecule has 0 aliphatic heterocycles. The van der Waals surface area contributed by atoms with Crippen LogP contribution in [0.4, 0.5) is 5.82 Å². The second kappa shape index (κ2) is 9.31. The highest BCUT2D eigenvalue weighted by molar-refractivity contribution is 5.95. The molecule has 0 aliphatic rings.